The van der Waals surface area contributed by atoms with Crippen LogP contribution in [0, 0.1) is 0 Å². The molecule has 3 heteroatoms. The predicted octanol–water partition coefficient (Wildman–Crippen LogP) is 3.74. The van der Waals surface area contributed by atoms with Gasteiger partial charge in [-0.15, -0.1) is 0 Å². The maximum Gasteiger partial charge on any atom is 0.192 e. The minimum atomic E-state index is -1.61. The second-order valence-corrected chi connectivity index (χ2v) is 11.0. The van der Waals surface area contributed by atoms with Gasteiger partial charge in [0.1, 0.15) is 0 Å². The van der Waals surface area contributed by atoms with Gasteiger partial charge in [0.25, 0.3) is 0 Å². The van der Waals surface area contributed by atoms with E-state index in [9.17, 15) is 0 Å². The van der Waals surface area contributed by atoms with Crippen molar-refractivity contribution in [3.63, 3.8) is 0 Å². The molecule has 0 unspecified atom stereocenters. The van der Waals surface area contributed by atoms with Crippen LogP contribution in [0.15, 0.2) is 12.2 Å². The Kier molecular flexibility index (Phi) is 4.38. The lowest BCUT2D eigenvalue weighted by molar-refractivity contribution is -0.0134. The molecule has 2 nitrogen and oxygen atoms in total. The van der Waals surface area contributed by atoms with E-state index in [0.717, 1.165) is 13.0 Å². The summed E-state index contributed by atoms with van der Waals surface area (Å²) in [4.78, 5) is 0. The number of hydrogen-bond donors (Lipinski definition) is 0. The first-order chi connectivity index (χ1) is 7.22. The fourth-order valence-electron chi connectivity index (χ4n) is 1.45. The van der Waals surface area contributed by atoms with Gasteiger partial charge in [-0.2, -0.15) is 0 Å². The Bertz CT molecular complexity index is 253. The maximum atomic E-state index is 6.16. The molecule has 0 aromatic rings. The van der Waals surface area contributed by atoms with Crippen molar-refractivity contribution in [3.8, 4) is 0 Å². The summed E-state index contributed by atoms with van der Waals surface area (Å²) in [5, 5.41) is 0.281. The van der Waals surface area contributed by atoms with Gasteiger partial charge in [-0.25, -0.2) is 0 Å². The lowest BCUT2D eigenvalue weighted by Crippen LogP contribution is -2.43. The second-order valence-electron chi connectivity index (χ2n) is 6.20. The van der Waals surface area contributed by atoms with E-state index in [1.54, 1.807) is 0 Å². The van der Waals surface area contributed by atoms with Crippen LogP contribution < -0.4 is 0 Å². The van der Waals surface area contributed by atoms with Crippen LogP contribution in [-0.4, -0.2) is 27.1 Å². The van der Waals surface area contributed by atoms with Gasteiger partial charge in [0.15, 0.2) is 8.32 Å². The maximum absolute atomic E-state index is 6.16. The van der Waals surface area contributed by atoms with Crippen LogP contribution in [0.3, 0.4) is 0 Å². The molecule has 1 aliphatic heterocycles. The molecule has 16 heavy (non-hydrogen) atoms. The summed E-state index contributed by atoms with van der Waals surface area (Å²) in [5.74, 6) is 0. The fraction of sp³-hybridized carbons (Fsp3) is 0.846. The Morgan fingerprint density at radius 1 is 1.38 bits per heavy atom. The zero-order valence-corrected chi connectivity index (χ0v) is 12.5. The second kappa shape index (κ2) is 5.03. The van der Waals surface area contributed by atoms with Gasteiger partial charge >= 0.3 is 0 Å². The largest absolute Gasteiger partial charge is 0.414 e. The highest BCUT2D eigenvalue weighted by atomic mass is 28.4. The van der Waals surface area contributed by atoms with E-state index >= 15 is 0 Å². The molecule has 0 spiro atoms. The third-order valence-corrected chi connectivity index (χ3v) is 8.15. The van der Waals surface area contributed by atoms with E-state index in [-0.39, 0.29) is 17.2 Å². The molecule has 0 N–H and O–H groups in total. The standard InChI is InChI=1S/C13H26O2Si/c1-11-8-7-9-12(15-11)10-14-16(5,6)13(2,3)4/h7-8,11-12H,9-10H2,1-6H3/t11-,12-/m0/s1. The van der Waals surface area contributed by atoms with Crippen LogP contribution in [0.2, 0.25) is 18.1 Å². The van der Waals surface area contributed by atoms with Crippen molar-refractivity contribution in [2.45, 2.75) is 64.5 Å². The van der Waals surface area contributed by atoms with E-state index in [2.05, 4.69) is 52.9 Å². The van der Waals surface area contributed by atoms with Crippen LogP contribution in [-0.2, 0) is 9.16 Å². The van der Waals surface area contributed by atoms with Crippen molar-refractivity contribution in [2.24, 2.45) is 0 Å². The number of rotatable bonds is 3. The van der Waals surface area contributed by atoms with E-state index in [4.69, 9.17) is 9.16 Å². The summed E-state index contributed by atoms with van der Waals surface area (Å²) in [6.45, 7) is 14.2. The molecule has 1 heterocycles. The van der Waals surface area contributed by atoms with Crippen LogP contribution in [0.5, 0.6) is 0 Å². The number of hydrogen-bond acceptors (Lipinski definition) is 2. The minimum Gasteiger partial charge on any atom is -0.414 e. The fourth-order valence-corrected chi connectivity index (χ4v) is 2.49. The van der Waals surface area contributed by atoms with E-state index < -0.39 is 8.32 Å². The van der Waals surface area contributed by atoms with Crippen molar-refractivity contribution < 1.29 is 9.16 Å². The van der Waals surface area contributed by atoms with Gasteiger partial charge in [-0.1, -0.05) is 32.9 Å². The molecular weight excluding hydrogens is 216 g/mol. The molecule has 0 aromatic heterocycles. The highest BCUT2D eigenvalue weighted by Crippen LogP contribution is 2.36. The quantitative estimate of drug-likeness (QED) is 0.554. The average molecular weight is 242 g/mol. The van der Waals surface area contributed by atoms with Crippen LogP contribution in [0.1, 0.15) is 34.1 Å². The highest BCUT2D eigenvalue weighted by Gasteiger charge is 2.37. The molecule has 2 atom stereocenters. The van der Waals surface area contributed by atoms with Crippen molar-refractivity contribution in [1.29, 1.82) is 0 Å². The van der Waals surface area contributed by atoms with Gasteiger partial charge in [-0.05, 0) is 31.5 Å². The van der Waals surface area contributed by atoms with Gasteiger partial charge in [0, 0.05) is 0 Å². The third kappa shape index (κ3) is 3.72. The Morgan fingerprint density at radius 2 is 2.00 bits per heavy atom. The first kappa shape index (κ1) is 13.9. The van der Waals surface area contributed by atoms with E-state index in [1.165, 1.54) is 0 Å². The monoisotopic (exact) mass is 242 g/mol. The Labute approximate surface area is 101 Å². The van der Waals surface area contributed by atoms with Gasteiger partial charge < -0.3 is 9.16 Å². The summed E-state index contributed by atoms with van der Waals surface area (Å²) in [5.41, 5.74) is 0. The lowest BCUT2D eigenvalue weighted by atomic mass is 10.2. The molecule has 0 aromatic carbocycles. The topological polar surface area (TPSA) is 18.5 Å². The summed E-state index contributed by atoms with van der Waals surface area (Å²) in [7, 11) is -1.61. The molecule has 0 aliphatic carbocycles. The third-order valence-electron chi connectivity index (χ3n) is 3.65. The first-order valence-corrected chi connectivity index (χ1v) is 9.09. The molecule has 1 rings (SSSR count). The molecule has 0 fully saturated rings. The van der Waals surface area contributed by atoms with Gasteiger partial charge in [-0.3, -0.25) is 0 Å². The lowest BCUT2D eigenvalue weighted by Gasteiger charge is -2.37. The molecule has 94 valence electrons. The molecular formula is C13H26O2Si. The molecule has 0 saturated heterocycles. The Balaban J connectivity index is 2.43. The minimum absolute atomic E-state index is 0.238. The normalized spacial score (nSPS) is 27.1. The molecule has 0 saturated carbocycles. The number of ether oxygens (including phenoxy) is 1. The first-order valence-electron chi connectivity index (χ1n) is 6.18. The zero-order chi connectivity index (χ0) is 12.4. The summed E-state index contributed by atoms with van der Waals surface area (Å²) >= 11 is 0. The molecule has 0 amide bonds. The van der Waals surface area contributed by atoms with E-state index in [1.807, 2.05) is 0 Å². The van der Waals surface area contributed by atoms with Crippen molar-refractivity contribution in [2.75, 3.05) is 6.61 Å². The average Bonchev–Trinajstić information content (AvgIpc) is 2.13. The van der Waals surface area contributed by atoms with Crippen LogP contribution in [0.4, 0.5) is 0 Å². The Hall–Kier alpha value is -0.123. The van der Waals surface area contributed by atoms with E-state index in [0.29, 0.717) is 0 Å². The summed E-state index contributed by atoms with van der Waals surface area (Å²) in [6, 6.07) is 0. The van der Waals surface area contributed by atoms with Crippen molar-refractivity contribution in [1.82, 2.24) is 0 Å². The van der Waals surface area contributed by atoms with Gasteiger partial charge in [0.2, 0.25) is 0 Å². The van der Waals surface area contributed by atoms with Crippen LogP contribution in [0.25, 0.3) is 0 Å². The van der Waals surface area contributed by atoms with Crippen molar-refractivity contribution in [3.05, 3.63) is 12.2 Å². The predicted molar refractivity (Wildman–Crippen MR) is 71.2 cm³/mol. The summed E-state index contributed by atoms with van der Waals surface area (Å²) < 4.78 is 12.0. The SMILES string of the molecule is C[C@H]1C=CC[C@@H](CO[Si](C)(C)C(C)(C)C)O1. The zero-order valence-electron chi connectivity index (χ0n) is 11.5. The Morgan fingerprint density at radius 3 is 2.50 bits per heavy atom. The highest BCUT2D eigenvalue weighted by molar-refractivity contribution is 6.74. The molecule has 1 aliphatic rings. The van der Waals surface area contributed by atoms with Crippen molar-refractivity contribution >= 4 is 8.32 Å². The molecule has 0 radical (unpaired) electrons. The molecule has 0 bridgehead atoms. The van der Waals surface area contributed by atoms with Crippen LogP contribution >= 0.6 is 0 Å². The summed E-state index contributed by atoms with van der Waals surface area (Å²) in [6.07, 6.45) is 5.78. The smallest absolute Gasteiger partial charge is 0.192 e. The van der Waals surface area contributed by atoms with Gasteiger partial charge in [0.05, 0.1) is 18.8 Å².